The van der Waals surface area contributed by atoms with Crippen LogP contribution >= 0.6 is 0 Å². The van der Waals surface area contributed by atoms with Gasteiger partial charge < -0.3 is 0 Å². The average Bonchev–Trinajstić information content (AvgIpc) is 2.06. The van der Waals surface area contributed by atoms with E-state index in [2.05, 4.69) is 4.99 Å². The van der Waals surface area contributed by atoms with Crippen LogP contribution in [0.5, 0.6) is 0 Å². The molecule has 3 heteroatoms. The smallest absolute Gasteiger partial charge is 0.259 e. The first-order chi connectivity index (χ1) is 5.67. The molecule has 0 aromatic carbocycles. The van der Waals surface area contributed by atoms with E-state index in [1.54, 1.807) is 0 Å². The van der Waals surface area contributed by atoms with Gasteiger partial charge in [-0.25, -0.2) is 4.99 Å². The molecule has 1 rings (SSSR count). The number of hydrogen-bond donors (Lipinski definition) is 0. The molecular weight excluding hydrogens is 154 g/mol. The summed E-state index contributed by atoms with van der Waals surface area (Å²) >= 11 is 0. The van der Waals surface area contributed by atoms with Gasteiger partial charge in [-0.2, -0.15) is 0 Å². The molecule has 1 aliphatic heterocycles. The second-order valence-corrected chi connectivity index (χ2v) is 3.03. The Balaban J connectivity index is 3.05. The fourth-order valence-corrected chi connectivity index (χ4v) is 1.60. The number of Topliss-reactive ketones (excluding diaryl/α,β-unsaturated/α-hetero) is 1. The highest BCUT2D eigenvalue weighted by Gasteiger charge is 2.43. The Kier molecular flexibility index (Phi) is 2.40. The maximum Gasteiger partial charge on any atom is 0.259 e. The summed E-state index contributed by atoms with van der Waals surface area (Å²) in [5.74, 6) is -0.240. The zero-order chi connectivity index (χ0) is 9.19. The van der Waals surface area contributed by atoms with Crippen LogP contribution in [0.4, 0.5) is 0 Å². The van der Waals surface area contributed by atoms with Gasteiger partial charge in [0.25, 0.3) is 5.91 Å². The van der Waals surface area contributed by atoms with Crippen LogP contribution < -0.4 is 0 Å². The lowest BCUT2D eigenvalue weighted by atomic mass is 9.75. The molecule has 0 aromatic heterocycles. The Morgan fingerprint density at radius 3 is 2.33 bits per heavy atom. The summed E-state index contributed by atoms with van der Waals surface area (Å²) in [6, 6.07) is 0. The summed E-state index contributed by atoms with van der Waals surface area (Å²) in [6.45, 7) is 3.72. The number of amides is 1. The molecule has 0 fully saturated rings. The second-order valence-electron chi connectivity index (χ2n) is 3.03. The van der Waals surface area contributed by atoms with Gasteiger partial charge in [-0.05, 0) is 12.8 Å². The number of hydrogen-bond acceptors (Lipinski definition) is 2. The Morgan fingerprint density at radius 1 is 1.42 bits per heavy atom. The van der Waals surface area contributed by atoms with Crippen molar-refractivity contribution in [1.29, 1.82) is 0 Å². The topological polar surface area (TPSA) is 46.5 Å². The number of carbonyl (C=O) groups is 2. The van der Waals surface area contributed by atoms with E-state index in [0.29, 0.717) is 19.3 Å². The minimum atomic E-state index is -0.797. The van der Waals surface area contributed by atoms with Gasteiger partial charge in [-0.1, -0.05) is 13.8 Å². The second kappa shape index (κ2) is 3.17. The lowest BCUT2D eigenvalue weighted by Crippen LogP contribution is -2.40. The highest BCUT2D eigenvalue weighted by atomic mass is 16.2. The highest BCUT2D eigenvalue weighted by Crippen LogP contribution is 2.32. The molecule has 0 aliphatic carbocycles. The normalized spacial score (nSPS) is 21.5. The van der Waals surface area contributed by atoms with E-state index >= 15 is 0 Å². The first kappa shape index (κ1) is 9.10. The largest absolute Gasteiger partial charge is 0.298 e. The molecule has 1 aliphatic rings. The number of nitrogens with zero attached hydrogens (tertiary/aromatic N) is 1. The van der Waals surface area contributed by atoms with E-state index in [1.807, 2.05) is 13.8 Å². The fourth-order valence-electron chi connectivity index (χ4n) is 1.60. The molecule has 0 unspecified atom stereocenters. The number of aliphatic imine (C=N–C) groups is 1. The number of rotatable bonds is 2. The predicted octanol–water partition coefficient (Wildman–Crippen LogP) is 1.36. The van der Waals surface area contributed by atoms with Gasteiger partial charge in [0, 0.05) is 12.6 Å². The standard InChI is InChI=1S/C9H13NO2/c1-3-9(4-2)7(11)5-6-10-8(9)12/h6H,3-5H2,1-2H3. The lowest BCUT2D eigenvalue weighted by molar-refractivity contribution is -0.140. The Morgan fingerprint density at radius 2 is 2.00 bits per heavy atom. The Bertz CT molecular complexity index is 239. The van der Waals surface area contributed by atoms with E-state index in [9.17, 15) is 9.59 Å². The van der Waals surface area contributed by atoms with Crippen LogP contribution in [0.25, 0.3) is 0 Å². The van der Waals surface area contributed by atoms with Crippen LogP contribution in [0.3, 0.4) is 0 Å². The van der Waals surface area contributed by atoms with E-state index in [0.717, 1.165) is 0 Å². The van der Waals surface area contributed by atoms with E-state index in [1.165, 1.54) is 6.21 Å². The van der Waals surface area contributed by atoms with Gasteiger partial charge in [-0.15, -0.1) is 0 Å². The number of carbonyl (C=O) groups excluding carboxylic acids is 2. The van der Waals surface area contributed by atoms with Crippen molar-refractivity contribution in [1.82, 2.24) is 0 Å². The summed E-state index contributed by atoms with van der Waals surface area (Å²) in [4.78, 5) is 26.5. The molecule has 0 atom stereocenters. The molecule has 0 saturated heterocycles. The van der Waals surface area contributed by atoms with Gasteiger partial charge in [0.05, 0.1) is 0 Å². The predicted molar refractivity (Wildman–Crippen MR) is 46.1 cm³/mol. The zero-order valence-corrected chi connectivity index (χ0v) is 7.46. The highest BCUT2D eigenvalue weighted by molar-refractivity contribution is 6.15. The molecule has 0 spiro atoms. The van der Waals surface area contributed by atoms with E-state index in [4.69, 9.17) is 0 Å². The van der Waals surface area contributed by atoms with E-state index in [-0.39, 0.29) is 11.7 Å². The van der Waals surface area contributed by atoms with Crippen molar-refractivity contribution in [2.24, 2.45) is 10.4 Å². The van der Waals surface area contributed by atoms with Crippen molar-refractivity contribution >= 4 is 17.9 Å². The lowest BCUT2D eigenvalue weighted by Gasteiger charge is -2.27. The minimum absolute atomic E-state index is 0.0208. The van der Waals surface area contributed by atoms with Gasteiger partial charge >= 0.3 is 0 Å². The van der Waals surface area contributed by atoms with Crippen LogP contribution in [0, 0.1) is 5.41 Å². The van der Waals surface area contributed by atoms with Gasteiger partial charge in [0.1, 0.15) is 5.41 Å². The first-order valence-electron chi connectivity index (χ1n) is 4.27. The maximum atomic E-state index is 11.5. The van der Waals surface area contributed by atoms with Crippen LogP contribution in [0.1, 0.15) is 33.1 Å². The van der Waals surface area contributed by atoms with Crippen LogP contribution in [-0.2, 0) is 9.59 Å². The molecule has 0 aromatic rings. The monoisotopic (exact) mass is 167 g/mol. The van der Waals surface area contributed by atoms with Gasteiger partial charge in [0.2, 0.25) is 0 Å². The summed E-state index contributed by atoms with van der Waals surface area (Å²) in [5.41, 5.74) is -0.797. The first-order valence-corrected chi connectivity index (χ1v) is 4.27. The Hall–Kier alpha value is -0.990. The summed E-state index contributed by atoms with van der Waals surface area (Å²) < 4.78 is 0. The quantitative estimate of drug-likeness (QED) is 0.583. The molecule has 0 saturated carbocycles. The third-order valence-electron chi connectivity index (χ3n) is 2.64. The van der Waals surface area contributed by atoms with Gasteiger partial charge in [0.15, 0.2) is 5.78 Å². The summed E-state index contributed by atoms with van der Waals surface area (Å²) in [5, 5.41) is 0. The maximum absolute atomic E-state index is 11.5. The average molecular weight is 167 g/mol. The molecule has 0 N–H and O–H groups in total. The zero-order valence-electron chi connectivity index (χ0n) is 7.46. The molecule has 12 heavy (non-hydrogen) atoms. The van der Waals surface area contributed by atoms with Crippen LogP contribution in [0.15, 0.2) is 4.99 Å². The molecule has 0 bridgehead atoms. The molecule has 0 radical (unpaired) electrons. The van der Waals surface area contributed by atoms with Gasteiger partial charge in [-0.3, -0.25) is 9.59 Å². The molecular formula is C9H13NO2. The third-order valence-corrected chi connectivity index (χ3v) is 2.64. The summed E-state index contributed by atoms with van der Waals surface area (Å²) in [6.07, 6.45) is 2.86. The fraction of sp³-hybridized carbons (Fsp3) is 0.667. The van der Waals surface area contributed by atoms with E-state index < -0.39 is 5.41 Å². The summed E-state index contributed by atoms with van der Waals surface area (Å²) in [7, 11) is 0. The Labute approximate surface area is 71.9 Å². The minimum Gasteiger partial charge on any atom is -0.298 e. The SMILES string of the molecule is CCC1(CC)C(=O)CC=NC1=O. The molecule has 1 heterocycles. The van der Waals surface area contributed by atoms with Crippen molar-refractivity contribution in [3.05, 3.63) is 0 Å². The molecule has 1 amide bonds. The van der Waals surface area contributed by atoms with Crippen molar-refractivity contribution in [3.63, 3.8) is 0 Å². The van der Waals surface area contributed by atoms with Crippen molar-refractivity contribution in [2.75, 3.05) is 0 Å². The van der Waals surface area contributed by atoms with Crippen molar-refractivity contribution in [3.8, 4) is 0 Å². The molecule has 3 nitrogen and oxygen atoms in total. The number of ketones is 1. The van der Waals surface area contributed by atoms with Crippen LogP contribution in [-0.4, -0.2) is 17.9 Å². The van der Waals surface area contributed by atoms with Crippen LogP contribution in [0.2, 0.25) is 0 Å². The third kappa shape index (κ3) is 1.09. The molecule has 66 valence electrons. The van der Waals surface area contributed by atoms with Crippen molar-refractivity contribution < 1.29 is 9.59 Å². The van der Waals surface area contributed by atoms with Crippen molar-refractivity contribution in [2.45, 2.75) is 33.1 Å².